The van der Waals surface area contributed by atoms with E-state index in [9.17, 15) is 0 Å². The lowest BCUT2D eigenvalue weighted by molar-refractivity contribution is 0.122. The van der Waals surface area contributed by atoms with Gasteiger partial charge in [0.1, 0.15) is 5.75 Å². The highest BCUT2D eigenvalue weighted by Gasteiger charge is 2.30. The average molecular weight is 395 g/mol. The van der Waals surface area contributed by atoms with Crippen LogP contribution in [0, 0.1) is 0 Å². The molecule has 4 heterocycles. The van der Waals surface area contributed by atoms with Gasteiger partial charge in [0.25, 0.3) is 0 Å². The molecule has 0 amide bonds. The summed E-state index contributed by atoms with van der Waals surface area (Å²) in [5, 5.41) is 3.76. The van der Waals surface area contributed by atoms with Crippen molar-refractivity contribution in [3.8, 4) is 5.75 Å². The van der Waals surface area contributed by atoms with E-state index in [0.717, 1.165) is 70.3 Å². The molecule has 1 saturated heterocycles. The predicted molar refractivity (Wildman–Crippen MR) is 114 cm³/mol. The van der Waals surface area contributed by atoms with E-state index in [1.807, 2.05) is 18.3 Å². The fourth-order valence-electron chi connectivity index (χ4n) is 4.92. The van der Waals surface area contributed by atoms with Crippen LogP contribution in [0.4, 0.5) is 5.69 Å². The van der Waals surface area contributed by atoms with Crippen molar-refractivity contribution >= 4 is 5.69 Å². The number of fused-ring (bicyclic) bond motifs is 2. The third kappa shape index (κ3) is 3.84. The first-order valence-electron chi connectivity index (χ1n) is 10.7. The number of morpholine rings is 1. The van der Waals surface area contributed by atoms with Crippen LogP contribution in [0.2, 0.25) is 0 Å². The quantitative estimate of drug-likeness (QED) is 0.859. The number of hydrogen-bond donors (Lipinski definition) is 1. The summed E-state index contributed by atoms with van der Waals surface area (Å²) in [7, 11) is 2.22. The lowest BCUT2D eigenvalue weighted by atomic mass is 9.92. The molecule has 0 spiro atoms. The monoisotopic (exact) mass is 394 g/mol. The molecule has 6 heteroatoms. The van der Waals surface area contributed by atoms with Crippen LogP contribution in [0.5, 0.6) is 5.75 Å². The topological polar surface area (TPSA) is 49.9 Å². The highest BCUT2D eigenvalue weighted by Crippen LogP contribution is 2.34. The Kier molecular flexibility index (Phi) is 5.40. The number of nitrogens with zero attached hydrogens (tertiary/aromatic N) is 3. The summed E-state index contributed by atoms with van der Waals surface area (Å²) in [6.45, 7) is 6.31. The van der Waals surface area contributed by atoms with Crippen molar-refractivity contribution in [2.45, 2.75) is 31.5 Å². The van der Waals surface area contributed by atoms with Gasteiger partial charge in [0, 0.05) is 50.5 Å². The normalized spacial score (nSPS) is 24.0. The molecule has 0 saturated carbocycles. The Bertz CT molecular complexity index is 853. The largest absolute Gasteiger partial charge is 0.492 e. The standard InChI is InChI=1S/C23H30N4O2/c1-26(21-7-11-29-22-6-3-8-24-23(21)22)16-18-14-19-17(15-25-18)4-2-5-20(19)27-9-12-28-13-10-27/h2-6,8,18,21,25H,7,9-16H2,1H3/t18?,21-/m0/s1. The Labute approximate surface area is 172 Å². The summed E-state index contributed by atoms with van der Waals surface area (Å²) in [4.78, 5) is 9.57. The lowest BCUT2D eigenvalue weighted by Gasteiger charge is -2.38. The van der Waals surface area contributed by atoms with E-state index >= 15 is 0 Å². The van der Waals surface area contributed by atoms with Crippen LogP contribution >= 0.6 is 0 Å². The zero-order valence-electron chi connectivity index (χ0n) is 17.1. The summed E-state index contributed by atoms with van der Waals surface area (Å²) in [6.07, 6.45) is 3.92. The van der Waals surface area contributed by atoms with Gasteiger partial charge in [0.05, 0.1) is 31.6 Å². The van der Waals surface area contributed by atoms with Crippen molar-refractivity contribution in [3.05, 3.63) is 53.3 Å². The first kappa shape index (κ1) is 18.9. The molecule has 2 aromatic rings. The first-order valence-corrected chi connectivity index (χ1v) is 10.7. The SMILES string of the molecule is CN(CC1Cc2c(cccc2N2CCOCC2)CN1)[C@H]1CCOc2cccnc21. The van der Waals surface area contributed by atoms with E-state index in [1.165, 1.54) is 16.8 Å². The van der Waals surface area contributed by atoms with Crippen LogP contribution in [-0.4, -0.2) is 62.4 Å². The molecule has 0 radical (unpaired) electrons. The number of aromatic nitrogens is 1. The fourth-order valence-corrected chi connectivity index (χ4v) is 4.92. The number of anilines is 1. The second-order valence-electron chi connectivity index (χ2n) is 8.28. The number of hydrogen-bond acceptors (Lipinski definition) is 6. The van der Waals surface area contributed by atoms with E-state index in [1.54, 1.807) is 0 Å². The van der Waals surface area contributed by atoms with Gasteiger partial charge in [0.15, 0.2) is 0 Å². The molecule has 0 bridgehead atoms. The summed E-state index contributed by atoms with van der Waals surface area (Å²) >= 11 is 0. The molecule has 5 rings (SSSR count). The highest BCUT2D eigenvalue weighted by atomic mass is 16.5. The molecule has 3 aliphatic rings. The van der Waals surface area contributed by atoms with Crippen molar-refractivity contribution < 1.29 is 9.47 Å². The van der Waals surface area contributed by atoms with Crippen LogP contribution in [0.3, 0.4) is 0 Å². The first-order chi connectivity index (χ1) is 14.3. The molecule has 3 aliphatic heterocycles. The highest BCUT2D eigenvalue weighted by molar-refractivity contribution is 5.58. The average Bonchev–Trinajstić information content (AvgIpc) is 2.79. The van der Waals surface area contributed by atoms with Gasteiger partial charge in [0.2, 0.25) is 0 Å². The minimum atomic E-state index is 0.317. The smallest absolute Gasteiger partial charge is 0.142 e. The molecule has 154 valence electrons. The van der Waals surface area contributed by atoms with Gasteiger partial charge in [-0.05, 0) is 42.8 Å². The second kappa shape index (κ2) is 8.30. The van der Waals surface area contributed by atoms with Gasteiger partial charge in [-0.25, -0.2) is 0 Å². The molecule has 1 N–H and O–H groups in total. The molecule has 2 atom stereocenters. The molecule has 29 heavy (non-hydrogen) atoms. The molecule has 1 aromatic carbocycles. The second-order valence-corrected chi connectivity index (χ2v) is 8.28. The Morgan fingerprint density at radius 3 is 2.97 bits per heavy atom. The van der Waals surface area contributed by atoms with E-state index in [0.29, 0.717) is 12.1 Å². The van der Waals surface area contributed by atoms with Gasteiger partial charge >= 0.3 is 0 Å². The molecular formula is C23H30N4O2. The minimum Gasteiger partial charge on any atom is -0.492 e. The number of nitrogens with one attached hydrogen (secondary N) is 1. The molecule has 6 nitrogen and oxygen atoms in total. The number of rotatable bonds is 4. The van der Waals surface area contributed by atoms with Crippen molar-refractivity contribution in [3.63, 3.8) is 0 Å². The van der Waals surface area contributed by atoms with Gasteiger partial charge in [-0.2, -0.15) is 0 Å². The Morgan fingerprint density at radius 1 is 1.17 bits per heavy atom. The maximum Gasteiger partial charge on any atom is 0.142 e. The Balaban J connectivity index is 1.31. The van der Waals surface area contributed by atoms with Crippen LogP contribution in [0.15, 0.2) is 36.5 Å². The van der Waals surface area contributed by atoms with E-state index in [4.69, 9.17) is 9.47 Å². The summed E-state index contributed by atoms with van der Waals surface area (Å²) in [5.41, 5.74) is 5.42. The van der Waals surface area contributed by atoms with Gasteiger partial charge in [-0.1, -0.05) is 12.1 Å². The van der Waals surface area contributed by atoms with E-state index < -0.39 is 0 Å². The van der Waals surface area contributed by atoms with Crippen LogP contribution in [0.25, 0.3) is 0 Å². The van der Waals surface area contributed by atoms with Crippen molar-refractivity contribution in [2.24, 2.45) is 0 Å². The van der Waals surface area contributed by atoms with Crippen LogP contribution in [-0.2, 0) is 17.7 Å². The number of benzene rings is 1. The third-order valence-corrected chi connectivity index (χ3v) is 6.44. The molecule has 1 unspecified atom stereocenters. The van der Waals surface area contributed by atoms with Crippen LogP contribution in [0.1, 0.15) is 29.3 Å². The fraction of sp³-hybridized carbons (Fsp3) is 0.522. The maximum absolute atomic E-state index is 5.80. The van der Waals surface area contributed by atoms with Gasteiger partial charge in [-0.3, -0.25) is 9.88 Å². The molecular weight excluding hydrogens is 364 g/mol. The number of ether oxygens (including phenoxy) is 2. The van der Waals surface area contributed by atoms with Gasteiger partial charge < -0.3 is 19.7 Å². The molecule has 0 aliphatic carbocycles. The Morgan fingerprint density at radius 2 is 2.07 bits per heavy atom. The van der Waals surface area contributed by atoms with E-state index in [2.05, 4.69) is 45.3 Å². The number of likely N-dealkylation sites (N-methyl/N-ethyl adjacent to an activating group) is 1. The lowest BCUT2D eigenvalue weighted by Crippen LogP contribution is -2.46. The van der Waals surface area contributed by atoms with Crippen molar-refractivity contribution in [1.29, 1.82) is 0 Å². The molecule has 1 fully saturated rings. The third-order valence-electron chi connectivity index (χ3n) is 6.44. The Hall–Kier alpha value is -2.15. The molecule has 1 aromatic heterocycles. The summed E-state index contributed by atoms with van der Waals surface area (Å²) < 4.78 is 11.4. The predicted octanol–water partition coefficient (Wildman–Crippen LogP) is 2.39. The number of pyridine rings is 1. The zero-order valence-corrected chi connectivity index (χ0v) is 17.1. The van der Waals surface area contributed by atoms with Crippen LogP contribution < -0.4 is 15.0 Å². The van der Waals surface area contributed by atoms with Crippen molar-refractivity contribution in [2.75, 3.05) is 51.4 Å². The van der Waals surface area contributed by atoms with Gasteiger partial charge in [-0.15, -0.1) is 0 Å². The summed E-state index contributed by atoms with van der Waals surface area (Å²) in [5.74, 6) is 0.937. The van der Waals surface area contributed by atoms with E-state index in [-0.39, 0.29) is 0 Å². The summed E-state index contributed by atoms with van der Waals surface area (Å²) in [6, 6.07) is 11.5. The minimum absolute atomic E-state index is 0.317. The maximum atomic E-state index is 5.80. The zero-order chi connectivity index (χ0) is 19.6. The van der Waals surface area contributed by atoms with Crippen molar-refractivity contribution in [1.82, 2.24) is 15.2 Å².